The summed E-state index contributed by atoms with van der Waals surface area (Å²) in [5, 5.41) is 2.68. The summed E-state index contributed by atoms with van der Waals surface area (Å²) in [5.41, 5.74) is 4.05. The molecule has 0 N–H and O–H groups in total. The highest BCUT2D eigenvalue weighted by molar-refractivity contribution is 7.99. The maximum Gasteiger partial charge on any atom is 0.316 e. The molecule has 3 aromatic heterocycles. The SMILES string of the molecule is Cc1cc(C(=O)COC(=O)CSc2cnc3ccccc3n2)c(C)n1Cc1cccs1. The zero-order valence-corrected chi connectivity index (χ0v) is 18.8. The number of carbonyl (C=O) groups is 2. The molecule has 0 unspecified atom stereocenters. The number of hydrogen-bond acceptors (Lipinski definition) is 7. The second-order valence-corrected chi connectivity index (χ2v) is 9.05. The fraction of sp³-hybridized carbons (Fsp3) is 0.217. The number of fused-ring (bicyclic) bond motifs is 1. The number of ketones is 1. The predicted octanol–water partition coefficient (Wildman–Crippen LogP) is 4.68. The van der Waals surface area contributed by atoms with E-state index in [0.717, 1.165) is 29.0 Å². The molecule has 0 aliphatic rings. The number of Topliss-reactive ketones (excluding diaryl/α,β-unsaturated/α-hetero) is 1. The van der Waals surface area contributed by atoms with Gasteiger partial charge in [0.05, 0.1) is 29.5 Å². The molecule has 0 amide bonds. The summed E-state index contributed by atoms with van der Waals surface area (Å²) in [6.45, 7) is 4.35. The van der Waals surface area contributed by atoms with Crippen molar-refractivity contribution >= 4 is 45.9 Å². The first kappa shape index (κ1) is 21.3. The van der Waals surface area contributed by atoms with Crippen molar-refractivity contribution in [2.24, 2.45) is 0 Å². The van der Waals surface area contributed by atoms with Crippen LogP contribution in [0.5, 0.6) is 0 Å². The molecule has 0 aliphatic heterocycles. The Bertz CT molecular complexity index is 1230. The fourth-order valence-corrected chi connectivity index (χ4v) is 4.63. The van der Waals surface area contributed by atoms with Crippen molar-refractivity contribution in [3.8, 4) is 0 Å². The Hall–Kier alpha value is -2.97. The molecule has 0 radical (unpaired) electrons. The maximum absolute atomic E-state index is 12.6. The Morgan fingerprint density at radius 2 is 1.94 bits per heavy atom. The van der Waals surface area contributed by atoms with Gasteiger partial charge in [0, 0.05) is 21.8 Å². The summed E-state index contributed by atoms with van der Waals surface area (Å²) in [5.74, 6) is -0.590. The first-order valence-corrected chi connectivity index (χ1v) is 11.6. The van der Waals surface area contributed by atoms with Gasteiger partial charge in [-0.3, -0.25) is 14.6 Å². The maximum atomic E-state index is 12.6. The van der Waals surface area contributed by atoms with Crippen molar-refractivity contribution in [3.05, 3.63) is 75.9 Å². The van der Waals surface area contributed by atoms with Gasteiger partial charge in [-0.1, -0.05) is 30.0 Å². The molecule has 4 rings (SSSR count). The van der Waals surface area contributed by atoms with E-state index in [9.17, 15) is 9.59 Å². The van der Waals surface area contributed by atoms with Crippen LogP contribution in [0.4, 0.5) is 0 Å². The van der Waals surface area contributed by atoms with Crippen molar-refractivity contribution in [3.63, 3.8) is 0 Å². The van der Waals surface area contributed by atoms with E-state index < -0.39 is 5.97 Å². The van der Waals surface area contributed by atoms with Crippen LogP contribution in [0, 0.1) is 13.8 Å². The Labute approximate surface area is 188 Å². The minimum absolute atomic E-state index is 0.0672. The average Bonchev–Trinajstić information content (AvgIpc) is 3.39. The third kappa shape index (κ3) is 5.03. The molecule has 0 fully saturated rings. The molecule has 0 saturated heterocycles. The van der Waals surface area contributed by atoms with Crippen LogP contribution in [0.15, 0.2) is 59.1 Å². The van der Waals surface area contributed by atoms with Gasteiger partial charge in [0.25, 0.3) is 0 Å². The lowest BCUT2D eigenvalue weighted by Crippen LogP contribution is -2.16. The molecule has 0 bridgehead atoms. The molecular weight excluding hydrogens is 430 g/mol. The zero-order chi connectivity index (χ0) is 21.8. The van der Waals surface area contributed by atoms with E-state index >= 15 is 0 Å². The summed E-state index contributed by atoms with van der Waals surface area (Å²) < 4.78 is 7.32. The number of thioether (sulfide) groups is 1. The Balaban J connectivity index is 1.32. The minimum atomic E-state index is -0.458. The molecule has 31 heavy (non-hydrogen) atoms. The van der Waals surface area contributed by atoms with Gasteiger partial charge in [-0.25, -0.2) is 4.98 Å². The second kappa shape index (κ2) is 9.45. The lowest BCUT2D eigenvalue weighted by molar-refractivity contribution is -0.139. The van der Waals surface area contributed by atoms with Gasteiger partial charge in [0.2, 0.25) is 5.78 Å². The summed E-state index contributed by atoms with van der Waals surface area (Å²) in [4.78, 5) is 34.8. The highest BCUT2D eigenvalue weighted by atomic mass is 32.2. The van der Waals surface area contributed by atoms with Crippen LogP contribution in [-0.4, -0.2) is 38.6 Å². The molecule has 4 aromatic rings. The number of carbonyl (C=O) groups excluding carboxylic acids is 2. The molecule has 8 heteroatoms. The molecule has 0 spiro atoms. The molecule has 158 valence electrons. The second-order valence-electron chi connectivity index (χ2n) is 7.02. The minimum Gasteiger partial charge on any atom is -0.457 e. The number of para-hydroxylation sites is 2. The Morgan fingerprint density at radius 3 is 2.71 bits per heavy atom. The van der Waals surface area contributed by atoms with Crippen LogP contribution in [0.25, 0.3) is 11.0 Å². The summed E-state index contributed by atoms with van der Waals surface area (Å²) in [7, 11) is 0. The number of thiophene rings is 1. The van der Waals surface area contributed by atoms with E-state index in [0.29, 0.717) is 10.6 Å². The van der Waals surface area contributed by atoms with Crippen LogP contribution in [-0.2, 0) is 16.1 Å². The molecule has 6 nitrogen and oxygen atoms in total. The number of esters is 1. The van der Waals surface area contributed by atoms with Crippen LogP contribution in [0.1, 0.15) is 26.6 Å². The lowest BCUT2D eigenvalue weighted by atomic mass is 10.1. The zero-order valence-electron chi connectivity index (χ0n) is 17.2. The van der Waals surface area contributed by atoms with Crippen LogP contribution < -0.4 is 0 Å². The van der Waals surface area contributed by atoms with Crippen molar-refractivity contribution < 1.29 is 14.3 Å². The van der Waals surface area contributed by atoms with Gasteiger partial charge in [0.15, 0.2) is 6.61 Å². The molecular formula is C23H21N3O3S2. The van der Waals surface area contributed by atoms with Gasteiger partial charge >= 0.3 is 5.97 Å². The van der Waals surface area contributed by atoms with Crippen LogP contribution in [0.2, 0.25) is 0 Å². The molecule has 0 saturated carbocycles. The average molecular weight is 452 g/mol. The van der Waals surface area contributed by atoms with E-state index in [1.165, 1.54) is 16.6 Å². The first-order chi connectivity index (χ1) is 15.0. The van der Waals surface area contributed by atoms with E-state index in [-0.39, 0.29) is 18.1 Å². The van der Waals surface area contributed by atoms with Crippen LogP contribution in [0.3, 0.4) is 0 Å². The van der Waals surface area contributed by atoms with Crippen molar-refractivity contribution in [2.45, 2.75) is 25.4 Å². The van der Waals surface area contributed by atoms with Gasteiger partial charge in [0.1, 0.15) is 5.03 Å². The van der Waals surface area contributed by atoms with E-state index in [2.05, 4.69) is 20.6 Å². The fourth-order valence-electron chi connectivity index (χ4n) is 3.29. The van der Waals surface area contributed by atoms with Gasteiger partial charge in [-0.05, 0) is 43.5 Å². The molecule has 1 aromatic carbocycles. The number of hydrogen-bond donors (Lipinski definition) is 0. The van der Waals surface area contributed by atoms with Crippen molar-refractivity contribution in [1.82, 2.24) is 14.5 Å². The van der Waals surface area contributed by atoms with E-state index in [1.807, 2.05) is 55.6 Å². The third-order valence-corrected chi connectivity index (χ3v) is 6.63. The Morgan fingerprint density at radius 1 is 1.13 bits per heavy atom. The quantitative estimate of drug-likeness (QED) is 0.220. The number of nitrogens with zero attached hydrogens (tertiary/aromatic N) is 3. The third-order valence-electron chi connectivity index (χ3n) is 4.90. The topological polar surface area (TPSA) is 74.1 Å². The highest BCUT2D eigenvalue weighted by Gasteiger charge is 2.18. The molecule has 3 heterocycles. The normalized spacial score (nSPS) is 11.0. The smallest absolute Gasteiger partial charge is 0.316 e. The summed E-state index contributed by atoms with van der Waals surface area (Å²) in [6, 6.07) is 13.5. The lowest BCUT2D eigenvalue weighted by Gasteiger charge is -2.08. The summed E-state index contributed by atoms with van der Waals surface area (Å²) >= 11 is 2.92. The Kier molecular flexibility index (Phi) is 6.48. The number of benzene rings is 1. The first-order valence-electron chi connectivity index (χ1n) is 9.74. The van der Waals surface area contributed by atoms with E-state index in [4.69, 9.17) is 4.74 Å². The van der Waals surface area contributed by atoms with Crippen molar-refractivity contribution in [1.29, 1.82) is 0 Å². The van der Waals surface area contributed by atoms with E-state index in [1.54, 1.807) is 17.5 Å². The standard InChI is InChI=1S/C23H21N3O3S2/c1-15-10-18(16(2)26(15)12-17-6-5-9-30-17)21(27)13-29-23(28)14-31-22-11-24-19-7-3-4-8-20(19)25-22/h3-11H,12-14H2,1-2H3. The number of rotatable bonds is 8. The van der Waals surface area contributed by atoms with Crippen molar-refractivity contribution in [2.75, 3.05) is 12.4 Å². The molecule has 0 atom stereocenters. The highest BCUT2D eigenvalue weighted by Crippen LogP contribution is 2.21. The predicted molar refractivity (Wildman–Crippen MR) is 123 cm³/mol. The molecule has 0 aliphatic carbocycles. The number of ether oxygens (including phenoxy) is 1. The van der Waals surface area contributed by atoms with Gasteiger partial charge in [-0.15, -0.1) is 11.3 Å². The van der Waals surface area contributed by atoms with Gasteiger partial charge < -0.3 is 9.30 Å². The largest absolute Gasteiger partial charge is 0.457 e. The monoisotopic (exact) mass is 451 g/mol. The summed E-state index contributed by atoms with van der Waals surface area (Å²) in [6.07, 6.45) is 1.63. The number of aryl methyl sites for hydroxylation is 1. The number of aromatic nitrogens is 3. The van der Waals surface area contributed by atoms with Gasteiger partial charge in [-0.2, -0.15) is 0 Å². The van der Waals surface area contributed by atoms with Crippen LogP contribution >= 0.6 is 23.1 Å².